The van der Waals surface area contributed by atoms with Gasteiger partial charge >= 0.3 is 0 Å². The van der Waals surface area contributed by atoms with Gasteiger partial charge in [0, 0.05) is 12.1 Å². The van der Waals surface area contributed by atoms with Gasteiger partial charge in [-0.15, -0.1) is 0 Å². The maximum atomic E-state index is 12.6. The molecule has 0 aliphatic rings. The van der Waals surface area contributed by atoms with Crippen molar-refractivity contribution < 1.29 is 0 Å². The van der Waals surface area contributed by atoms with Gasteiger partial charge in [0.05, 0.1) is 11.3 Å². The first kappa shape index (κ1) is 15.3. The van der Waals surface area contributed by atoms with Crippen LogP contribution in [0.25, 0.3) is 22.4 Å². The summed E-state index contributed by atoms with van der Waals surface area (Å²) < 4.78 is 2.01. The van der Waals surface area contributed by atoms with Crippen LogP contribution in [-0.2, 0) is 6.54 Å². The van der Waals surface area contributed by atoms with E-state index in [9.17, 15) is 4.79 Å². The summed E-state index contributed by atoms with van der Waals surface area (Å²) in [5.74, 6) is 0. The van der Waals surface area contributed by atoms with Crippen LogP contribution in [0.3, 0.4) is 0 Å². The Morgan fingerprint density at radius 2 is 1.70 bits per heavy atom. The molecule has 0 spiro atoms. The van der Waals surface area contributed by atoms with E-state index in [0.29, 0.717) is 0 Å². The first-order valence-electron chi connectivity index (χ1n) is 8.16. The number of benzene rings is 2. The topological polar surface area (TPSA) is 37.8 Å². The lowest BCUT2D eigenvalue weighted by molar-refractivity contribution is 0.573. The van der Waals surface area contributed by atoms with Crippen LogP contribution in [0, 0.1) is 6.92 Å². The molecule has 0 saturated heterocycles. The van der Waals surface area contributed by atoms with Crippen LogP contribution in [0.2, 0.25) is 0 Å². The molecule has 1 heterocycles. The lowest BCUT2D eigenvalue weighted by Gasteiger charge is -2.12. The monoisotopic (exact) mass is 306 g/mol. The molecular formula is C20H22N2O. The Balaban J connectivity index is 2.26. The fourth-order valence-corrected chi connectivity index (χ4v) is 2.95. The number of hydrogen-bond acceptors (Lipinski definition) is 1. The zero-order valence-corrected chi connectivity index (χ0v) is 13.7. The second-order valence-electron chi connectivity index (χ2n) is 5.85. The number of rotatable bonds is 5. The SMILES string of the molecule is CCCCn1[nH]c(=O)c(-c2ccccc2)c1-c1ccccc1C. The van der Waals surface area contributed by atoms with Gasteiger partial charge in [-0.1, -0.05) is 67.9 Å². The van der Waals surface area contributed by atoms with E-state index in [-0.39, 0.29) is 5.56 Å². The zero-order valence-electron chi connectivity index (χ0n) is 13.7. The van der Waals surface area contributed by atoms with Crippen molar-refractivity contribution in [3.8, 4) is 22.4 Å². The van der Waals surface area contributed by atoms with E-state index in [4.69, 9.17) is 0 Å². The van der Waals surface area contributed by atoms with Crippen molar-refractivity contribution in [1.29, 1.82) is 0 Å². The van der Waals surface area contributed by atoms with Gasteiger partial charge in [-0.2, -0.15) is 0 Å². The van der Waals surface area contributed by atoms with E-state index >= 15 is 0 Å². The summed E-state index contributed by atoms with van der Waals surface area (Å²) in [7, 11) is 0. The highest BCUT2D eigenvalue weighted by Gasteiger charge is 2.19. The molecular weight excluding hydrogens is 284 g/mol. The van der Waals surface area contributed by atoms with Crippen molar-refractivity contribution >= 4 is 0 Å². The molecule has 0 radical (unpaired) electrons. The molecule has 1 aromatic heterocycles. The highest BCUT2D eigenvalue weighted by Crippen LogP contribution is 2.31. The lowest BCUT2D eigenvalue weighted by atomic mass is 9.98. The van der Waals surface area contributed by atoms with E-state index in [1.54, 1.807) is 0 Å². The molecule has 0 atom stereocenters. The molecule has 0 bridgehead atoms. The number of aromatic nitrogens is 2. The maximum absolute atomic E-state index is 12.6. The Bertz CT molecular complexity index is 844. The van der Waals surface area contributed by atoms with Gasteiger partial charge in [0.2, 0.25) is 0 Å². The molecule has 0 aliphatic heterocycles. The average Bonchev–Trinajstić information content (AvgIpc) is 2.90. The van der Waals surface area contributed by atoms with Crippen LogP contribution in [0.4, 0.5) is 0 Å². The minimum absolute atomic E-state index is 0.0226. The Hall–Kier alpha value is -2.55. The molecule has 0 fully saturated rings. The van der Waals surface area contributed by atoms with E-state index in [2.05, 4.69) is 31.1 Å². The Labute approximate surface area is 136 Å². The maximum Gasteiger partial charge on any atom is 0.272 e. The van der Waals surface area contributed by atoms with Crippen LogP contribution in [0.1, 0.15) is 25.3 Å². The fourth-order valence-electron chi connectivity index (χ4n) is 2.95. The van der Waals surface area contributed by atoms with Crippen molar-refractivity contribution in [3.63, 3.8) is 0 Å². The standard InChI is InChI=1S/C20H22N2O/c1-3-4-14-22-19(17-13-9-8-10-15(17)2)18(20(23)21-22)16-11-6-5-7-12-16/h5-13H,3-4,14H2,1-2H3,(H,21,23). The number of nitrogens with zero attached hydrogens (tertiary/aromatic N) is 1. The Morgan fingerprint density at radius 1 is 1.00 bits per heavy atom. The second kappa shape index (κ2) is 6.69. The van der Waals surface area contributed by atoms with Gasteiger partial charge < -0.3 is 0 Å². The summed E-state index contributed by atoms with van der Waals surface area (Å²) in [4.78, 5) is 12.6. The number of hydrogen-bond donors (Lipinski definition) is 1. The Kier molecular flexibility index (Phi) is 4.47. The number of H-pyrrole nitrogens is 1. The molecule has 0 unspecified atom stereocenters. The molecule has 23 heavy (non-hydrogen) atoms. The van der Waals surface area contributed by atoms with Crippen molar-refractivity contribution in [2.75, 3.05) is 0 Å². The van der Waals surface area contributed by atoms with Crippen molar-refractivity contribution in [2.24, 2.45) is 0 Å². The summed E-state index contributed by atoms with van der Waals surface area (Å²) in [6.07, 6.45) is 2.13. The molecule has 3 rings (SSSR count). The van der Waals surface area contributed by atoms with Gasteiger partial charge in [0.15, 0.2) is 0 Å². The number of aromatic amines is 1. The van der Waals surface area contributed by atoms with E-state index in [1.165, 1.54) is 5.56 Å². The van der Waals surface area contributed by atoms with E-state index < -0.39 is 0 Å². The smallest absolute Gasteiger partial charge is 0.272 e. The average molecular weight is 306 g/mol. The number of aryl methyl sites for hydroxylation is 2. The first-order chi connectivity index (χ1) is 11.2. The van der Waals surface area contributed by atoms with Gasteiger partial charge in [0.1, 0.15) is 0 Å². The summed E-state index contributed by atoms with van der Waals surface area (Å²) in [6, 6.07) is 18.1. The third kappa shape index (κ3) is 3.00. The second-order valence-corrected chi connectivity index (χ2v) is 5.85. The Morgan fingerprint density at radius 3 is 2.39 bits per heavy atom. The molecule has 0 aliphatic carbocycles. The third-order valence-electron chi connectivity index (χ3n) is 4.17. The van der Waals surface area contributed by atoms with Gasteiger partial charge in [-0.05, 0) is 24.5 Å². The van der Waals surface area contributed by atoms with Crippen LogP contribution in [0.5, 0.6) is 0 Å². The molecule has 0 amide bonds. The molecule has 0 saturated carbocycles. The first-order valence-corrected chi connectivity index (χ1v) is 8.16. The molecule has 3 nitrogen and oxygen atoms in total. The minimum Gasteiger partial charge on any atom is -0.284 e. The van der Waals surface area contributed by atoms with Crippen LogP contribution in [0.15, 0.2) is 59.4 Å². The van der Waals surface area contributed by atoms with Crippen molar-refractivity contribution in [1.82, 2.24) is 9.78 Å². The summed E-state index contributed by atoms with van der Waals surface area (Å²) in [6.45, 7) is 5.07. The highest BCUT2D eigenvalue weighted by molar-refractivity contribution is 5.82. The van der Waals surface area contributed by atoms with E-state index in [0.717, 1.165) is 41.8 Å². The molecule has 3 heteroatoms. The quantitative estimate of drug-likeness (QED) is 0.734. The molecule has 118 valence electrons. The molecule has 2 aromatic carbocycles. The molecule has 1 N–H and O–H groups in total. The number of unbranched alkanes of at least 4 members (excludes halogenated alkanes) is 1. The predicted molar refractivity (Wildman–Crippen MR) is 95.6 cm³/mol. The van der Waals surface area contributed by atoms with E-state index in [1.807, 2.05) is 47.1 Å². The fraction of sp³-hybridized carbons (Fsp3) is 0.250. The van der Waals surface area contributed by atoms with Crippen LogP contribution < -0.4 is 5.56 Å². The van der Waals surface area contributed by atoms with Crippen molar-refractivity contribution in [2.45, 2.75) is 33.2 Å². The van der Waals surface area contributed by atoms with Crippen LogP contribution in [-0.4, -0.2) is 9.78 Å². The summed E-state index contributed by atoms with van der Waals surface area (Å²) >= 11 is 0. The number of nitrogens with one attached hydrogen (secondary N) is 1. The minimum atomic E-state index is -0.0226. The normalized spacial score (nSPS) is 10.9. The zero-order chi connectivity index (χ0) is 16.2. The van der Waals surface area contributed by atoms with Crippen molar-refractivity contribution in [3.05, 3.63) is 70.5 Å². The summed E-state index contributed by atoms with van der Waals surface area (Å²) in [5.41, 5.74) is 4.98. The van der Waals surface area contributed by atoms with Crippen LogP contribution >= 0.6 is 0 Å². The summed E-state index contributed by atoms with van der Waals surface area (Å²) in [5, 5.41) is 3.03. The van der Waals surface area contributed by atoms with Gasteiger partial charge in [-0.3, -0.25) is 14.6 Å². The van der Waals surface area contributed by atoms with Gasteiger partial charge in [0.25, 0.3) is 5.56 Å². The third-order valence-corrected chi connectivity index (χ3v) is 4.17. The van der Waals surface area contributed by atoms with Gasteiger partial charge in [-0.25, -0.2) is 0 Å². The largest absolute Gasteiger partial charge is 0.284 e. The molecule has 3 aromatic rings. The predicted octanol–water partition coefficient (Wildman–Crippen LogP) is 4.62. The highest BCUT2D eigenvalue weighted by atomic mass is 16.1. The lowest BCUT2D eigenvalue weighted by Crippen LogP contribution is -2.07.